The third kappa shape index (κ3) is 15.1. The van der Waals surface area contributed by atoms with Crippen molar-refractivity contribution in [3.05, 3.63) is 88.5 Å². The van der Waals surface area contributed by atoms with Gasteiger partial charge in [-0.2, -0.15) is 5.26 Å². The summed E-state index contributed by atoms with van der Waals surface area (Å²) in [6.07, 6.45) is 7.43. The first kappa shape index (κ1) is 47.4. The molecule has 0 radical (unpaired) electrons. The number of nitriles is 1. The van der Waals surface area contributed by atoms with Gasteiger partial charge in [0.1, 0.15) is 25.0 Å². The van der Waals surface area contributed by atoms with E-state index in [1.165, 1.54) is 6.42 Å². The number of hydrogen-bond donors (Lipinski definition) is 3. The Kier molecular flexibility index (Phi) is 18.5. The molecule has 1 atom stereocenters. The smallest absolute Gasteiger partial charge is 0.320 e. The molecule has 2 aliphatic rings. The van der Waals surface area contributed by atoms with E-state index in [1.54, 1.807) is 14.7 Å². The highest BCUT2D eigenvalue weighted by molar-refractivity contribution is 5.81. The number of rotatable bonds is 17. The number of carbonyl (C=O) groups excluding carboxylic acids is 1. The predicted octanol–water partition coefficient (Wildman–Crippen LogP) is 4.48. The number of nitrogens with zero attached hydrogens (tertiary/aromatic N) is 6. The number of carbonyl (C=O) groups is 4. The SMILES string of the molecule is Cc1cc(CN2CCCC[C@H]2C)c(OCCOC(=O)CN2CCN(CC(=O)O)CCN(CC(=O)O)CCN(CC(=O)O)CC2)cc1/C=C/c1cccc(-c2ccccc2)c1C#N. The maximum absolute atomic E-state index is 13.3. The molecule has 3 aromatic rings. The van der Waals surface area contributed by atoms with Crippen LogP contribution in [0.2, 0.25) is 0 Å². The van der Waals surface area contributed by atoms with E-state index in [4.69, 9.17) is 9.47 Å². The third-order valence-electron chi connectivity index (χ3n) is 11.5. The Morgan fingerprint density at radius 1 is 0.710 bits per heavy atom. The summed E-state index contributed by atoms with van der Waals surface area (Å²) in [6, 6.07) is 22.7. The maximum atomic E-state index is 13.3. The molecule has 3 aromatic carbocycles. The van der Waals surface area contributed by atoms with E-state index in [0.717, 1.165) is 52.8 Å². The Bertz CT molecular complexity index is 2020. The fraction of sp³-hybridized carbons (Fsp3) is 0.468. The number of aryl methyl sites for hydroxylation is 1. The molecule has 0 spiro atoms. The summed E-state index contributed by atoms with van der Waals surface area (Å²) in [7, 11) is 0. The Labute approximate surface area is 364 Å². The van der Waals surface area contributed by atoms with Crippen molar-refractivity contribution < 1.29 is 44.0 Å². The molecular weight excluding hydrogens is 793 g/mol. The fourth-order valence-electron chi connectivity index (χ4n) is 8.00. The first-order valence-corrected chi connectivity index (χ1v) is 21.4. The second kappa shape index (κ2) is 24.1. The van der Waals surface area contributed by atoms with Gasteiger partial charge in [0, 0.05) is 76.1 Å². The van der Waals surface area contributed by atoms with Gasteiger partial charge < -0.3 is 24.8 Å². The molecule has 3 N–H and O–H groups in total. The van der Waals surface area contributed by atoms with Gasteiger partial charge in [0.15, 0.2) is 0 Å². The molecule has 0 amide bonds. The van der Waals surface area contributed by atoms with Crippen LogP contribution >= 0.6 is 0 Å². The monoisotopic (exact) mass is 852 g/mol. The van der Waals surface area contributed by atoms with Crippen LogP contribution < -0.4 is 4.74 Å². The zero-order valence-corrected chi connectivity index (χ0v) is 35.9. The summed E-state index contributed by atoms with van der Waals surface area (Å²) in [5.41, 5.74) is 6.26. The lowest BCUT2D eigenvalue weighted by molar-refractivity contribution is -0.146. The van der Waals surface area contributed by atoms with Crippen LogP contribution in [0.15, 0.2) is 60.7 Å². The molecule has 2 aliphatic heterocycles. The topological polar surface area (TPSA) is 187 Å². The molecule has 0 aromatic heterocycles. The second-order valence-corrected chi connectivity index (χ2v) is 16.1. The molecule has 0 unspecified atom stereocenters. The molecule has 0 aliphatic carbocycles. The van der Waals surface area contributed by atoms with Crippen molar-refractivity contribution in [1.82, 2.24) is 24.5 Å². The Morgan fingerprint density at radius 3 is 1.82 bits per heavy atom. The van der Waals surface area contributed by atoms with E-state index in [1.807, 2.05) is 71.6 Å². The van der Waals surface area contributed by atoms with Crippen LogP contribution in [0.1, 0.15) is 54.0 Å². The Balaban J connectivity index is 1.27. The molecule has 2 saturated heterocycles. The summed E-state index contributed by atoms with van der Waals surface area (Å²) in [5, 5.41) is 38.7. The zero-order chi connectivity index (χ0) is 44.4. The lowest BCUT2D eigenvalue weighted by Crippen LogP contribution is -2.49. The number of hydrogen-bond acceptors (Lipinski definition) is 12. The first-order chi connectivity index (χ1) is 29.9. The number of piperidine rings is 1. The number of aliphatic carboxylic acids is 3. The van der Waals surface area contributed by atoms with Crippen LogP contribution in [0.3, 0.4) is 0 Å². The van der Waals surface area contributed by atoms with Gasteiger partial charge in [-0.3, -0.25) is 43.7 Å². The largest absolute Gasteiger partial charge is 0.490 e. The van der Waals surface area contributed by atoms with E-state index in [-0.39, 0.29) is 65.6 Å². The number of carboxylic acids is 3. The Morgan fingerprint density at radius 2 is 1.27 bits per heavy atom. The minimum Gasteiger partial charge on any atom is -0.490 e. The summed E-state index contributed by atoms with van der Waals surface area (Å²) >= 11 is 0. The minimum absolute atomic E-state index is 0.0151. The molecule has 15 nitrogen and oxygen atoms in total. The number of benzene rings is 3. The van der Waals surface area contributed by atoms with Crippen molar-refractivity contribution in [1.29, 1.82) is 5.26 Å². The average Bonchev–Trinajstić information content (AvgIpc) is 3.23. The van der Waals surface area contributed by atoms with Gasteiger partial charge in [0.05, 0.1) is 31.7 Å². The van der Waals surface area contributed by atoms with Crippen molar-refractivity contribution in [3.8, 4) is 22.9 Å². The summed E-state index contributed by atoms with van der Waals surface area (Å²) < 4.78 is 12.1. The summed E-state index contributed by atoms with van der Waals surface area (Å²) in [4.78, 5) is 57.5. The Hall–Kier alpha value is -5.63. The lowest BCUT2D eigenvalue weighted by Gasteiger charge is -2.34. The van der Waals surface area contributed by atoms with Crippen LogP contribution in [0.4, 0.5) is 0 Å². The van der Waals surface area contributed by atoms with Gasteiger partial charge in [-0.15, -0.1) is 0 Å². The summed E-state index contributed by atoms with van der Waals surface area (Å²) in [5.74, 6) is -2.88. The van der Waals surface area contributed by atoms with E-state index in [9.17, 15) is 39.8 Å². The molecule has 15 heteroatoms. The first-order valence-electron chi connectivity index (χ1n) is 21.4. The van der Waals surface area contributed by atoms with Crippen LogP contribution in [0.25, 0.3) is 23.3 Å². The summed E-state index contributed by atoms with van der Waals surface area (Å²) in [6.45, 7) is 7.59. The maximum Gasteiger partial charge on any atom is 0.320 e. The van der Waals surface area contributed by atoms with Crippen molar-refractivity contribution in [3.63, 3.8) is 0 Å². The van der Waals surface area contributed by atoms with Crippen LogP contribution in [0, 0.1) is 18.3 Å². The second-order valence-electron chi connectivity index (χ2n) is 16.1. The van der Waals surface area contributed by atoms with Gasteiger partial charge >= 0.3 is 23.9 Å². The molecule has 332 valence electrons. The molecule has 0 saturated carbocycles. The van der Waals surface area contributed by atoms with Crippen LogP contribution in [-0.2, 0) is 30.5 Å². The van der Waals surface area contributed by atoms with E-state index < -0.39 is 23.9 Å². The van der Waals surface area contributed by atoms with Crippen LogP contribution in [0.5, 0.6) is 5.75 Å². The average molecular weight is 853 g/mol. The molecule has 2 fully saturated rings. The number of esters is 1. The number of likely N-dealkylation sites (tertiary alicyclic amines) is 1. The highest BCUT2D eigenvalue weighted by Crippen LogP contribution is 2.31. The predicted molar refractivity (Wildman–Crippen MR) is 236 cm³/mol. The van der Waals surface area contributed by atoms with Gasteiger partial charge in [-0.05, 0) is 61.6 Å². The number of carboxylic acid groups (broad SMARTS) is 3. The normalized spacial score (nSPS) is 18.0. The van der Waals surface area contributed by atoms with Crippen molar-refractivity contribution in [2.75, 3.05) is 98.3 Å². The van der Waals surface area contributed by atoms with Crippen molar-refractivity contribution >= 4 is 36.0 Å². The fourth-order valence-corrected chi connectivity index (χ4v) is 8.00. The van der Waals surface area contributed by atoms with E-state index in [2.05, 4.69) is 30.9 Å². The lowest BCUT2D eigenvalue weighted by atomic mass is 9.95. The minimum atomic E-state index is -1.03. The molecule has 5 rings (SSSR count). The van der Waals surface area contributed by atoms with E-state index in [0.29, 0.717) is 50.1 Å². The highest BCUT2D eigenvalue weighted by atomic mass is 16.6. The third-order valence-corrected chi connectivity index (χ3v) is 11.5. The molecule has 2 heterocycles. The van der Waals surface area contributed by atoms with Gasteiger partial charge in [-0.25, -0.2) is 0 Å². The molecule has 0 bridgehead atoms. The van der Waals surface area contributed by atoms with Crippen LogP contribution in [-0.4, -0.2) is 168 Å². The van der Waals surface area contributed by atoms with Gasteiger partial charge in [0.25, 0.3) is 0 Å². The van der Waals surface area contributed by atoms with Gasteiger partial charge in [0.2, 0.25) is 0 Å². The van der Waals surface area contributed by atoms with Crippen molar-refractivity contribution in [2.24, 2.45) is 0 Å². The number of ether oxygens (including phenoxy) is 2. The van der Waals surface area contributed by atoms with Crippen molar-refractivity contribution in [2.45, 2.75) is 45.7 Å². The van der Waals surface area contributed by atoms with E-state index >= 15 is 0 Å². The highest BCUT2D eigenvalue weighted by Gasteiger charge is 2.23. The quantitative estimate of drug-likeness (QED) is 0.0980. The molecular formula is C47H60N6O9. The standard InChI is InChI=1S/C47H60N6O9/c1-35-27-40(30-53-16-7-6-9-36(53)2)43(28-39(35)15-14-38-12-8-13-41(42(38)29-48)37-10-4-3-5-11-37)61-25-26-62-47(60)34-52-23-21-50(32-45(56)57)19-17-49(31-44(54)55)18-20-51(22-24-52)33-46(58)59/h3-5,8,10-15,27-28,36H,6-7,9,16-26,30-34H2,1-2H3,(H,54,55)(H,56,57)(H,58,59)/b15-14+/t36-/m1/s1. The zero-order valence-electron chi connectivity index (χ0n) is 35.9. The van der Waals surface area contributed by atoms with Gasteiger partial charge in [-0.1, -0.05) is 73.2 Å². The molecule has 62 heavy (non-hydrogen) atoms.